The zero-order valence-corrected chi connectivity index (χ0v) is 8.07. The Balaban J connectivity index is 2.26. The van der Waals surface area contributed by atoms with Gasteiger partial charge in [-0.2, -0.15) is 5.26 Å². The van der Waals surface area contributed by atoms with E-state index in [2.05, 4.69) is 4.98 Å². The number of nitriles is 1. The van der Waals surface area contributed by atoms with Crippen LogP contribution in [0.1, 0.15) is 5.69 Å². The van der Waals surface area contributed by atoms with E-state index in [1.807, 2.05) is 11.0 Å². The van der Waals surface area contributed by atoms with Crippen molar-refractivity contribution in [2.24, 2.45) is 0 Å². The van der Waals surface area contributed by atoms with Crippen LogP contribution in [0.15, 0.2) is 12.1 Å². The van der Waals surface area contributed by atoms with Crippen LogP contribution >= 0.6 is 11.6 Å². The van der Waals surface area contributed by atoms with E-state index in [0.29, 0.717) is 23.9 Å². The summed E-state index contributed by atoms with van der Waals surface area (Å²) >= 11 is 5.74. The molecule has 72 valence electrons. The van der Waals surface area contributed by atoms with Crippen molar-refractivity contribution in [3.05, 3.63) is 23.0 Å². The first-order valence-corrected chi connectivity index (χ1v) is 4.57. The maximum atomic E-state index is 9.12. The minimum Gasteiger partial charge on any atom is -0.389 e. The third-order valence-corrected chi connectivity index (χ3v) is 2.31. The zero-order valence-electron chi connectivity index (χ0n) is 7.31. The average Bonchev–Trinajstić information content (AvgIpc) is 2.12. The summed E-state index contributed by atoms with van der Waals surface area (Å²) in [7, 11) is 0. The van der Waals surface area contributed by atoms with Crippen molar-refractivity contribution < 1.29 is 5.11 Å². The fraction of sp³-hybridized carbons (Fsp3) is 0.333. The number of pyridine rings is 1. The molecule has 2 rings (SSSR count). The molecule has 14 heavy (non-hydrogen) atoms. The summed E-state index contributed by atoms with van der Waals surface area (Å²) in [5.41, 5.74) is 1.14. The molecule has 1 aromatic rings. The maximum Gasteiger partial charge on any atom is 0.144 e. The number of anilines is 1. The highest BCUT2D eigenvalue weighted by Gasteiger charge is 2.25. The van der Waals surface area contributed by atoms with Crippen molar-refractivity contribution in [2.45, 2.75) is 6.10 Å². The van der Waals surface area contributed by atoms with Gasteiger partial charge >= 0.3 is 0 Å². The van der Waals surface area contributed by atoms with Crippen LogP contribution in [0, 0.1) is 11.3 Å². The molecule has 1 fully saturated rings. The fourth-order valence-corrected chi connectivity index (χ4v) is 1.59. The summed E-state index contributed by atoms with van der Waals surface area (Å²) in [6.07, 6.45) is -0.271. The van der Waals surface area contributed by atoms with Crippen molar-refractivity contribution in [2.75, 3.05) is 18.0 Å². The van der Waals surface area contributed by atoms with Crippen LogP contribution in [0.5, 0.6) is 0 Å². The van der Waals surface area contributed by atoms with Gasteiger partial charge in [0, 0.05) is 18.8 Å². The molecular formula is C9H8ClN3O. The molecule has 0 atom stereocenters. The van der Waals surface area contributed by atoms with Crippen molar-refractivity contribution >= 4 is 17.3 Å². The molecule has 4 nitrogen and oxygen atoms in total. The number of nitrogens with zero attached hydrogens (tertiary/aromatic N) is 3. The molecule has 0 bridgehead atoms. The van der Waals surface area contributed by atoms with E-state index >= 15 is 0 Å². The lowest BCUT2D eigenvalue weighted by Gasteiger charge is -2.37. The molecular weight excluding hydrogens is 202 g/mol. The normalized spacial score (nSPS) is 16.2. The summed E-state index contributed by atoms with van der Waals surface area (Å²) in [5.74, 6) is 0. The Morgan fingerprint density at radius 3 is 2.86 bits per heavy atom. The van der Waals surface area contributed by atoms with Crippen LogP contribution in [0.3, 0.4) is 0 Å². The maximum absolute atomic E-state index is 9.12. The molecule has 2 heterocycles. The number of hydrogen-bond donors (Lipinski definition) is 1. The number of β-amino-alcohol motifs (C(OH)–C–C–N with tert-alkyl or cyclic N) is 1. The highest BCUT2D eigenvalue weighted by atomic mass is 35.5. The van der Waals surface area contributed by atoms with E-state index in [-0.39, 0.29) is 6.10 Å². The van der Waals surface area contributed by atoms with Crippen molar-refractivity contribution in [1.82, 2.24) is 4.98 Å². The molecule has 0 radical (unpaired) electrons. The van der Waals surface area contributed by atoms with Gasteiger partial charge in [0.25, 0.3) is 0 Å². The molecule has 0 aliphatic carbocycles. The van der Waals surface area contributed by atoms with Gasteiger partial charge < -0.3 is 10.0 Å². The molecule has 5 heteroatoms. The number of rotatable bonds is 1. The van der Waals surface area contributed by atoms with E-state index < -0.39 is 0 Å². The van der Waals surface area contributed by atoms with Crippen LogP contribution in [0.25, 0.3) is 0 Å². The van der Waals surface area contributed by atoms with E-state index in [1.165, 1.54) is 0 Å². The van der Waals surface area contributed by atoms with Crippen LogP contribution in [0.4, 0.5) is 5.69 Å². The quantitative estimate of drug-likeness (QED) is 0.695. The second-order valence-electron chi connectivity index (χ2n) is 3.20. The Kier molecular flexibility index (Phi) is 2.28. The van der Waals surface area contributed by atoms with E-state index in [1.54, 1.807) is 12.1 Å². The van der Waals surface area contributed by atoms with Crippen LogP contribution in [0.2, 0.25) is 5.15 Å². The number of hydrogen-bond acceptors (Lipinski definition) is 4. The largest absolute Gasteiger partial charge is 0.389 e. The van der Waals surface area contributed by atoms with Gasteiger partial charge in [-0.05, 0) is 12.1 Å². The van der Waals surface area contributed by atoms with Crippen molar-refractivity contribution in [3.63, 3.8) is 0 Å². The molecule has 1 aromatic heterocycles. The van der Waals surface area contributed by atoms with Crippen LogP contribution in [-0.2, 0) is 0 Å². The summed E-state index contributed by atoms with van der Waals surface area (Å²) in [6, 6.07) is 5.29. The first kappa shape index (κ1) is 9.25. The highest BCUT2D eigenvalue weighted by molar-refractivity contribution is 6.29. The highest BCUT2D eigenvalue weighted by Crippen LogP contribution is 2.23. The van der Waals surface area contributed by atoms with Gasteiger partial charge in [-0.15, -0.1) is 0 Å². The first-order chi connectivity index (χ1) is 6.69. The molecule has 0 amide bonds. The molecule has 1 N–H and O–H groups in total. The Morgan fingerprint density at radius 1 is 1.57 bits per heavy atom. The minimum absolute atomic E-state index is 0.271. The van der Waals surface area contributed by atoms with Gasteiger partial charge in [-0.3, -0.25) is 0 Å². The Hall–Kier alpha value is -1.31. The summed E-state index contributed by atoms with van der Waals surface area (Å²) in [4.78, 5) is 5.77. The van der Waals surface area contributed by atoms with Gasteiger partial charge in [0.1, 0.15) is 16.9 Å². The topological polar surface area (TPSA) is 60.2 Å². The lowest BCUT2D eigenvalue weighted by atomic mass is 10.1. The molecule has 1 aliphatic rings. The molecule has 0 saturated carbocycles. The number of halogens is 1. The van der Waals surface area contributed by atoms with E-state index in [4.69, 9.17) is 22.0 Å². The number of aromatic nitrogens is 1. The van der Waals surface area contributed by atoms with Crippen molar-refractivity contribution in [3.8, 4) is 6.07 Å². The third-order valence-electron chi connectivity index (χ3n) is 2.12. The lowest BCUT2D eigenvalue weighted by Crippen LogP contribution is -2.50. The molecule has 0 spiro atoms. The Morgan fingerprint density at radius 2 is 2.29 bits per heavy atom. The molecule has 0 aromatic carbocycles. The average molecular weight is 210 g/mol. The zero-order chi connectivity index (χ0) is 10.1. The molecule has 0 unspecified atom stereocenters. The first-order valence-electron chi connectivity index (χ1n) is 4.20. The predicted molar refractivity (Wildman–Crippen MR) is 52.2 cm³/mol. The smallest absolute Gasteiger partial charge is 0.144 e. The second-order valence-corrected chi connectivity index (χ2v) is 3.59. The fourth-order valence-electron chi connectivity index (χ4n) is 1.39. The van der Waals surface area contributed by atoms with Crippen LogP contribution < -0.4 is 4.90 Å². The monoisotopic (exact) mass is 209 g/mol. The van der Waals surface area contributed by atoms with Gasteiger partial charge in [0.15, 0.2) is 0 Å². The summed E-state index contributed by atoms with van der Waals surface area (Å²) in [5, 5.41) is 18.1. The second kappa shape index (κ2) is 3.45. The van der Waals surface area contributed by atoms with E-state index in [0.717, 1.165) is 5.69 Å². The number of aliphatic hydroxyl groups is 1. The van der Waals surface area contributed by atoms with Crippen LogP contribution in [-0.4, -0.2) is 29.3 Å². The van der Waals surface area contributed by atoms with Crippen molar-refractivity contribution in [1.29, 1.82) is 5.26 Å². The van der Waals surface area contributed by atoms with Gasteiger partial charge in [0.2, 0.25) is 0 Å². The minimum atomic E-state index is -0.271. The molecule has 1 aliphatic heterocycles. The van der Waals surface area contributed by atoms with Gasteiger partial charge in [-0.1, -0.05) is 11.6 Å². The summed E-state index contributed by atoms with van der Waals surface area (Å²) < 4.78 is 0. The Labute approximate surface area is 86.4 Å². The van der Waals surface area contributed by atoms with Gasteiger partial charge in [0.05, 0.1) is 6.10 Å². The molecule has 1 saturated heterocycles. The predicted octanol–water partition coefficient (Wildman–Crippen LogP) is 0.788. The Bertz CT molecular complexity index is 396. The standard InChI is InChI=1S/C9H8ClN3O/c10-9-2-7(1-6(3-11)12-9)13-4-8(14)5-13/h1-2,8,14H,4-5H2. The SMILES string of the molecule is N#Cc1cc(N2CC(O)C2)cc(Cl)n1. The number of aliphatic hydroxyl groups excluding tert-OH is 1. The van der Waals surface area contributed by atoms with Gasteiger partial charge in [-0.25, -0.2) is 4.98 Å². The van der Waals surface area contributed by atoms with E-state index in [9.17, 15) is 0 Å². The lowest BCUT2D eigenvalue weighted by molar-refractivity contribution is 0.142. The summed E-state index contributed by atoms with van der Waals surface area (Å²) in [6.45, 7) is 1.18. The third kappa shape index (κ3) is 1.65.